The molecule has 2 N–H and O–H groups in total. The normalized spacial score (nSPS) is 10.7. The van der Waals surface area contributed by atoms with Gasteiger partial charge in [0.2, 0.25) is 11.1 Å². The van der Waals surface area contributed by atoms with Crippen molar-refractivity contribution >= 4 is 40.8 Å². The molecule has 3 rings (SSSR count). The summed E-state index contributed by atoms with van der Waals surface area (Å²) in [5.41, 5.74) is 0. The molecule has 0 aliphatic carbocycles. The molecule has 0 saturated heterocycles. The Morgan fingerprint density at radius 1 is 1.33 bits per heavy atom. The van der Waals surface area contributed by atoms with Crippen molar-refractivity contribution < 1.29 is 9.59 Å². The fourth-order valence-electron chi connectivity index (χ4n) is 1.87. The van der Waals surface area contributed by atoms with Crippen LogP contribution in [-0.4, -0.2) is 43.8 Å². The molecule has 0 spiro atoms. The minimum absolute atomic E-state index is 0.0508. The Balaban J connectivity index is 1.39. The zero-order valence-electron chi connectivity index (χ0n) is 12.5. The Kier molecular flexibility index (Phi) is 5.39. The van der Waals surface area contributed by atoms with Crippen LogP contribution in [0.1, 0.15) is 4.88 Å². The molecule has 0 aromatic carbocycles. The third-order valence-corrected chi connectivity index (χ3v) is 4.69. The summed E-state index contributed by atoms with van der Waals surface area (Å²) in [5, 5.41) is 11.5. The average molecular weight is 362 g/mol. The van der Waals surface area contributed by atoms with Gasteiger partial charge in [-0.1, -0.05) is 17.8 Å². The van der Waals surface area contributed by atoms with Gasteiger partial charge in [-0.2, -0.15) is 4.98 Å². The van der Waals surface area contributed by atoms with Crippen LogP contribution in [0.25, 0.3) is 5.78 Å². The van der Waals surface area contributed by atoms with Crippen molar-refractivity contribution in [3.05, 3.63) is 40.8 Å². The van der Waals surface area contributed by atoms with Crippen LogP contribution >= 0.6 is 23.1 Å². The van der Waals surface area contributed by atoms with Crippen molar-refractivity contribution in [3.8, 4) is 0 Å². The second kappa shape index (κ2) is 7.88. The number of fused-ring (bicyclic) bond motifs is 1. The van der Waals surface area contributed by atoms with Gasteiger partial charge in [0.25, 0.3) is 5.78 Å². The highest BCUT2D eigenvalue weighted by atomic mass is 32.2. The molecule has 8 nitrogen and oxygen atoms in total. The minimum atomic E-state index is -0.498. The van der Waals surface area contributed by atoms with Gasteiger partial charge in [-0.15, -0.1) is 16.4 Å². The van der Waals surface area contributed by atoms with Gasteiger partial charge in [0.1, 0.15) is 0 Å². The molecule has 0 saturated carbocycles. The highest BCUT2D eigenvalue weighted by Gasteiger charge is 2.11. The smallest absolute Gasteiger partial charge is 0.321 e. The molecule has 0 fully saturated rings. The molecular weight excluding hydrogens is 348 g/mol. The number of rotatable bonds is 6. The molecule has 0 unspecified atom stereocenters. The van der Waals surface area contributed by atoms with Crippen LogP contribution in [0.2, 0.25) is 0 Å². The van der Waals surface area contributed by atoms with Crippen molar-refractivity contribution in [2.45, 2.75) is 11.6 Å². The Morgan fingerprint density at radius 2 is 2.25 bits per heavy atom. The maximum atomic E-state index is 11.8. The molecular formula is C14H14N6O2S2. The van der Waals surface area contributed by atoms with Gasteiger partial charge in [-0.3, -0.25) is 10.1 Å². The minimum Gasteiger partial charge on any atom is -0.337 e. The molecule has 3 heterocycles. The Morgan fingerprint density at radius 3 is 3.04 bits per heavy atom. The monoisotopic (exact) mass is 362 g/mol. The third kappa shape index (κ3) is 4.52. The van der Waals surface area contributed by atoms with Crippen molar-refractivity contribution in [2.75, 3.05) is 12.3 Å². The molecule has 0 atom stereocenters. The molecule has 0 radical (unpaired) electrons. The zero-order valence-corrected chi connectivity index (χ0v) is 14.1. The van der Waals surface area contributed by atoms with Crippen molar-refractivity contribution in [2.24, 2.45) is 0 Å². The van der Waals surface area contributed by atoms with Gasteiger partial charge in [0.05, 0.1) is 5.75 Å². The van der Waals surface area contributed by atoms with E-state index in [0.29, 0.717) is 17.5 Å². The summed E-state index contributed by atoms with van der Waals surface area (Å²) in [5.74, 6) is 0.113. The molecule has 3 aromatic rings. The number of amides is 3. The standard InChI is InChI=1S/C14H14N6O2S2/c21-11(17-13(22)16-6-4-10-3-1-8-23-10)9-24-14-18-12-15-5-2-7-20(12)19-14/h1-3,5,7-8H,4,6,9H2,(H2,16,17,21,22). The second-order valence-corrected chi connectivity index (χ2v) is 6.66. The first-order chi connectivity index (χ1) is 11.7. The van der Waals surface area contributed by atoms with Crippen LogP contribution in [-0.2, 0) is 11.2 Å². The van der Waals surface area contributed by atoms with Crippen molar-refractivity contribution in [1.29, 1.82) is 0 Å². The number of nitrogens with zero attached hydrogens (tertiary/aromatic N) is 4. The maximum Gasteiger partial charge on any atom is 0.321 e. The van der Waals surface area contributed by atoms with E-state index in [9.17, 15) is 9.59 Å². The fourth-order valence-corrected chi connectivity index (χ4v) is 3.20. The Bertz CT molecular complexity index is 800. The molecule has 0 bridgehead atoms. The predicted octanol–water partition coefficient (Wildman–Crippen LogP) is 1.35. The van der Waals surface area contributed by atoms with Crippen LogP contribution in [0.15, 0.2) is 41.1 Å². The zero-order chi connectivity index (χ0) is 16.8. The topological polar surface area (TPSA) is 101 Å². The Labute approximate surface area is 145 Å². The highest BCUT2D eigenvalue weighted by molar-refractivity contribution is 7.99. The van der Waals surface area contributed by atoms with E-state index >= 15 is 0 Å². The molecule has 10 heteroatoms. The number of thiophene rings is 1. The van der Waals surface area contributed by atoms with Crippen LogP contribution < -0.4 is 10.6 Å². The first-order valence-electron chi connectivity index (χ1n) is 7.11. The van der Waals surface area contributed by atoms with Gasteiger partial charge < -0.3 is 5.32 Å². The summed E-state index contributed by atoms with van der Waals surface area (Å²) >= 11 is 2.78. The summed E-state index contributed by atoms with van der Waals surface area (Å²) in [6.07, 6.45) is 4.08. The largest absolute Gasteiger partial charge is 0.337 e. The Hall–Kier alpha value is -2.46. The first-order valence-corrected chi connectivity index (χ1v) is 8.97. The van der Waals surface area contributed by atoms with Gasteiger partial charge in [0, 0.05) is 23.8 Å². The summed E-state index contributed by atoms with van der Waals surface area (Å²) in [4.78, 5) is 32.8. The van der Waals surface area contributed by atoms with Crippen LogP contribution in [0.5, 0.6) is 0 Å². The van der Waals surface area contributed by atoms with Crippen molar-refractivity contribution in [3.63, 3.8) is 0 Å². The molecule has 3 amide bonds. The van der Waals surface area contributed by atoms with Gasteiger partial charge >= 0.3 is 6.03 Å². The van der Waals surface area contributed by atoms with Crippen LogP contribution in [0.4, 0.5) is 4.79 Å². The van der Waals surface area contributed by atoms with E-state index in [1.165, 1.54) is 9.39 Å². The lowest BCUT2D eigenvalue weighted by Crippen LogP contribution is -2.41. The van der Waals surface area contributed by atoms with E-state index in [1.54, 1.807) is 29.8 Å². The third-order valence-electron chi connectivity index (χ3n) is 2.92. The fraction of sp³-hybridized carbons (Fsp3) is 0.214. The number of carbonyl (C=O) groups is 2. The number of hydrogen-bond donors (Lipinski definition) is 2. The summed E-state index contributed by atoms with van der Waals surface area (Å²) in [6.45, 7) is 0.479. The molecule has 3 aromatic heterocycles. The summed E-state index contributed by atoms with van der Waals surface area (Å²) in [7, 11) is 0. The molecule has 0 aliphatic heterocycles. The lowest BCUT2D eigenvalue weighted by atomic mass is 10.3. The van der Waals surface area contributed by atoms with Gasteiger partial charge in [0.15, 0.2) is 0 Å². The van der Waals surface area contributed by atoms with E-state index in [0.717, 1.165) is 18.2 Å². The van der Waals surface area contributed by atoms with Crippen molar-refractivity contribution in [1.82, 2.24) is 30.2 Å². The van der Waals surface area contributed by atoms with Gasteiger partial charge in [-0.05, 0) is 23.9 Å². The van der Waals surface area contributed by atoms with E-state index < -0.39 is 11.9 Å². The van der Waals surface area contributed by atoms with E-state index in [1.807, 2.05) is 17.5 Å². The number of imide groups is 1. The number of thioether (sulfide) groups is 1. The summed E-state index contributed by atoms with van der Waals surface area (Å²) < 4.78 is 1.53. The SMILES string of the molecule is O=C(CSc1nc2ncccn2n1)NC(=O)NCCc1cccs1. The first kappa shape index (κ1) is 16.4. The number of carbonyl (C=O) groups excluding carboxylic acids is 2. The van der Waals surface area contributed by atoms with E-state index in [2.05, 4.69) is 25.7 Å². The number of nitrogens with one attached hydrogen (secondary N) is 2. The van der Waals surface area contributed by atoms with Gasteiger partial charge in [-0.25, -0.2) is 14.3 Å². The van der Waals surface area contributed by atoms with E-state index in [-0.39, 0.29) is 5.75 Å². The molecule has 124 valence electrons. The molecule has 0 aliphatic rings. The quantitative estimate of drug-likeness (QED) is 0.642. The van der Waals surface area contributed by atoms with E-state index in [4.69, 9.17) is 0 Å². The maximum absolute atomic E-state index is 11.8. The number of aromatic nitrogens is 4. The average Bonchev–Trinajstić information content (AvgIpc) is 3.21. The number of urea groups is 1. The number of hydrogen-bond acceptors (Lipinski definition) is 7. The summed E-state index contributed by atoms with van der Waals surface area (Å²) in [6, 6.07) is 5.21. The molecule has 24 heavy (non-hydrogen) atoms. The van der Waals surface area contributed by atoms with Crippen LogP contribution in [0.3, 0.4) is 0 Å². The highest BCUT2D eigenvalue weighted by Crippen LogP contribution is 2.12. The lowest BCUT2D eigenvalue weighted by Gasteiger charge is -2.05. The second-order valence-electron chi connectivity index (χ2n) is 4.68. The predicted molar refractivity (Wildman–Crippen MR) is 91.1 cm³/mol. The lowest BCUT2D eigenvalue weighted by molar-refractivity contribution is -0.117. The van der Waals surface area contributed by atoms with Crippen LogP contribution in [0, 0.1) is 0 Å².